The average Bonchev–Trinajstić information content (AvgIpc) is 3.00. The van der Waals surface area contributed by atoms with Gasteiger partial charge in [-0.05, 0) is 58.3 Å². The van der Waals surface area contributed by atoms with Crippen molar-refractivity contribution in [3.8, 4) is 40.2 Å². The second kappa shape index (κ2) is 7.73. The summed E-state index contributed by atoms with van der Waals surface area (Å²) in [6.45, 7) is 8.06. The maximum atomic E-state index is 6.68. The van der Waals surface area contributed by atoms with Gasteiger partial charge in [0.1, 0.15) is 46.0 Å². The van der Waals surface area contributed by atoms with Crippen molar-refractivity contribution < 1.29 is 18.9 Å². The van der Waals surface area contributed by atoms with Gasteiger partial charge in [0.2, 0.25) is 0 Å². The quantitative estimate of drug-likeness (QED) is 0.310. The molecule has 0 saturated heterocycles. The van der Waals surface area contributed by atoms with Crippen molar-refractivity contribution in [3.05, 3.63) is 121 Å². The lowest BCUT2D eigenvalue weighted by atomic mass is 9.34. The molecule has 0 unspecified atom stereocenters. The van der Waals surface area contributed by atoms with E-state index in [1.165, 1.54) is 0 Å². The van der Waals surface area contributed by atoms with Crippen molar-refractivity contribution in [1.82, 2.24) is 0 Å². The fourth-order valence-corrected chi connectivity index (χ4v) is 6.84. The molecule has 5 aromatic rings. The molecule has 9 rings (SSSR count). The first-order valence-electron chi connectivity index (χ1n) is 13.4. The minimum absolute atomic E-state index is 0.0190. The number of rotatable bonds is 2. The van der Waals surface area contributed by atoms with Gasteiger partial charge in [-0.15, -0.1) is 0 Å². The highest BCUT2D eigenvalue weighted by atomic mass is 16.5. The highest BCUT2D eigenvalue weighted by molar-refractivity contribution is 6.98. The van der Waals surface area contributed by atoms with E-state index in [0.29, 0.717) is 0 Å². The Balaban J connectivity index is 1.30. The van der Waals surface area contributed by atoms with Crippen LogP contribution in [-0.4, -0.2) is 13.4 Å². The first-order chi connectivity index (χ1) is 19.7. The second-order valence-electron chi connectivity index (χ2n) is 10.4. The lowest BCUT2D eigenvalue weighted by Crippen LogP contribution is -2.57. The Morgan fingerprint density at radius 2 is 1.02 bits per heavy atom. The number of benzene rings is 5. The standard InChI is InChI=1S/C34H20B2O4/c1-3-21-25(4-2)37-27-11-7-13-29-31(27)35(21)23-17-15-20-19(33(23)39-29)16-18-24-34(20)40-30-14-8-12-28-32(30)36(24)22-9-5-6-10-26(22)38-28/h3-18H,1-2H2. The maximum Gasteiger partial charge on any atom is 0.260 e. The van der Waals surface area contributed by atoms with Crippen LogP contribution >= 0.6 is 0 Å². The average molecular weight is 514 g/mol. The van der Waals surface area contributed by atoms with Crippen LogP contribution in [-0.2, 0) is 0 Å². The fourth-order valence-electron chi connectivity index (χ4n) is 6.84. The summed E-state index contributed by atoms with van der Waals surface area (Å²) >= 11 is 0. The molecular formula is C34H20B2O4. The van der Waals surface area contributed by atoms with Crippen molar-refractivity contribution in [1.29, 1.82) is 0 Å². The Hall–Kier alpha value is -5.09. The Bertz CT molecular complexity index is 2030. The zero-order chi connectivity index (χ0) is 26.5. The van der Waals surface area contributed by atoms with E-state index in [1.54, 1.807) is 6.08 Å². The van der Waals surface area contributed by atoms with Crippen LogP contribution in [0.15, 0.2) is 121 Å². The molecule has 0 atom stereocenters. The van der Waals surface area contributed by atoms with E-state index < -0.39 is 0 Å². The Labute approximate surface area is 231 Å². The van der Waals surface area contributed by atoms with Gasteiger partial charge in [0.05, 0.1) is 0 Å². The van der Waals surface area contributed by atoms with E-state index in [1.807, 2.05) is 54.6 Å². The van der Waals surface area contributed by atoms with Crippen molar-refractivity contribution in [2.45, 2.75) is 0 Å². The van der Waals surface area contributed by atoms with Gasteiger partial charge in [0, 0.05) is 21.7 Å². The van der Waals surface area contributed by atoms with E-state index in [4.69, 9.17) is 18.9 Å². The third kappa shape index (κ3) is 2.68. The minimum Gasteiger partial charge on any atom is -0.458 e. The molecule has 0 bridgehead atoms. The molecular weight excluding hydrogens is 494 g/mol. The van der Waals surface area contributed by atoms with Gasteiger partial charge in [-0.1, -0.05) is 73.8 Å². The monoisotopic (exact) mass is 514 g/mol. The Morgan fingerprint density at radius 3 is 1.68 bits per heavy atom. The highest BCUT2D eigenvalue weighted by Gasteiger charge is 2.43. The smallest absolute Gasteiger partial charge is 0.260 e. The van der Waals surface area contributed by atoms with Gasteiger partial charge in [-0.25, -0.2) is 0 Å². The summed E-state index contributed by atoms with van der Waals surface area (Å²) in [6, 6.07) is 28.9. The maximum absolute atomic E-state index is 6.68. The molecule has 6 heteroatoms. The van der Waals surface area contributed by atoms with E-state index in [-0.39, 0.29) is 13.4 Å². The third-order valence-corrected chi connectivity index (χ3v) is 8.51. The van der Waals surface area contributed by atoms with E-state index >= 15 is 0 Å². The summed E-state index contributed by atoms with van der Waals surface area (Å²) in [6.07, 6.45) is 3.62. The highest BCUT2D eigenvalue weighted by Crippen LogP contribution is 2.42. The molecule has 0 amide bonds. The molecule has 40 heavy (non-hydrogen) atoms. The van der Waals surface area contributed by atoms with Crippen molar-refractivity contribution in [2.75, 3.05) is 0 Å². The van der Waals surface area contributed by atoms with Crippen LogP contribution in [0, 0.1) is 0 Å². The van der Waals surface area contributed by atoms with Gasteiger partial charge in [0.15, 0.2) is 0 Å². The van der Waals surface area contributed by atoms with Crippen LogP contribution < -0.4 is 46.3 Å². The summed E-state index contributed by atoms with van der Waals surface area (Å²) in [5, 5.41) is 2.01. The van der Waals surface area contributed by atoms with E-state index in [9.17, 15) is 0 Å². The van der Waals surface area contributed by atoms with Crippen LogP contribution in [0.3, 0.4) is 0 Å². The van der Waals surface area contributed by atoms with E-state index in [0.717, 1.165) is 89.6 Å². The number of ether oxygens (including phenoxy) is 4. The zero-order valence-corrected chi connectivity index (χ0v) is 21.4. The molecule has 4 aliphatic heterocycles. The van der Waals surface area contributed by atoms with E-state index in [2.05, 4.69) is 49.6 Å². The lowest BCUT2D eigenvalue weighted by Gasteiger charge is -2.35. The Morgan fingerprint density at radius 1 is 0.475 bits per heavy atom. The molecule has 0 saturated carbocycles. The molecule has 0 radical (unpaired) electrons. The molecule has 0 aliphatic carbocycles. The van der Waals surface area contributed by atoms with Crippen LogP contribution in [0.5, 0.6) is 40.2 Å². The molecule has 186 valence electrons. The van der Waals surface area contributed by atoms with Gasteiger partial charge in [-0.2, -0.15) is 0 Å². The Kier molecular flexibility index (Phi) is 4.22. The number of hydrogen-bond acceptors (Lipinski definition) is 4. The lowest BCUT2D eigenvalue weighted by molar-refractivity contribution is 0.435. The fraction of sp³-hybridized carbons (Fsp3) is 0. The molecule has 0 fully saturated rings. The summed E-state index contributed by atoms with van der Waals surface area (Å²) in [5.41, 5.74) is 6.40. The van der Waals surface area contributed by atoms with Crippen LogP contribution in [0.4, 0.5) is 0 Å². The van der Waals surface area contributed by atoms with Crippen molar-refractivity contribution in [2.24, 2.45) is 0 Å². The number of hydrogen-bond donors (Lipinski definition) is 0. The van der Waals surface area contributed by atoms with Crippen LogP contribution in [0.25, 0.3) is 10.8 Å². The summed E-state index contributed by atoms with van der Waals surface area (Å²) in [5.74, 6) is 6.52. The molecule has 0 aromatic heterocycles. The largest absolute Gasteiger partial charge is 0.458 e. The van der Waals surface area contributed by atoms with Crippen LogP contribution in [0.2, 0.25) is 0 Å². The molecule has 0 N–H and O–H groups in total. The zero-order valence-electron chi connectivity index (χ0n) is 21.4. The number of allylic oxidation sites excluding steroid dienone is 3. The molecule has 4 nitrogen and oxygen atoms in total. The third-order valence-electron chi connectivity index (χ3n) is 8.51. The van der Waals surface area contributed by atoms with Gasteiger partial charge >= 0.3 is 0 Å². The number of para-hydroxylation sites is 1. The van der Waals surface area contributed by atoms with Gasteiger partial charge < -0.3 is 18.9 Å². The predicted molar refractivity (Wildman–Crippen MR) is 161 cm³/mol. The SMILES string of the molecule is C=CC1=C(C=C)B2c3ccc4c5c(ccc4c3Oc3cccc(c32)O1)B1c2ccccc2Oc2cccc(c21)O5. The topological polar surface area (TPSA) is 36.9 Å². The van der Waals surface area contributed by atoms with Crippen molar-refractivity contribution >= 4 is 51.5 Å². The molecule has 4 heterocycles. The van der Waals surface area contributed by atoms with Gasteiger partial charge in [-0.3, -0.25) is 0 Å². The van der Waals surface area contributed by atoms with Gasteiger partial charge in [0.25, 0.3) is 13.4 Å². The van der Waals surface area contributed by atoms with Crippen molar-refractivity contribution in [3.63, 3.8) is 0 Å². The minimum atomic E-state index is -0.0683. The first kappa shape index (κ1) is 21.8. The molecule has 5 aromatic carbocycles. The normalized spacial score (nSPS) is 14.8. The molecule has 0 spiro atoms. The number of fused-ring (bicyclic) bond motifs is 9. The summed E-state index contributed by atoms with van der Waals surface area (Å²) < 4.78 is 25.8. The first-order valence-corrected chi connectivity index (χ1v) is 13.4. The second-order valence-corrected chi connectivity index (χ2v) is 10.4. The van der Waals surface area contributed by atoms with Crippen LogP contribution in [0.1, 0.15) is 0 Å². The summed E-state index contributed by atoms with van der Waals surface area (Å²) in [7, 11) is 0. The summed E-state index contributed by atoms with van der Waals surface area (Å²) in [4.78, 5) is 0. The molecule has 4 aliphatic rings. The predicted octanol–water partition coefficient (Wildman–Crippen LogP) is 4.84.